The van der Waals surface area contributed by atoms with Crippen LogP contribution in [0.15, 0.2) is 76.4 Å². The van der Waals surface area contributed by atoms with Gasteiger partial charge in [-0.15, -0.1) is 0 Å². The van der Waals surface area contributed by atoms with Gasteiger partial charge < -0.3 is 0 Å². The van der Waals surface area contributed by atoms with Crippen LogP contribution in [0.25, 0.3) is 11.1 Å². The lowest BCUT2D eigenvalue weighted by Crippen LogP contribution is -1.78. The van der Waals surface area contributed by atoms with Gasteiger partial charge in [-0.05, 0) is 45.6 Å². The van der Waals surface area contributed by atoms with Crippen LogP contribution in [0.1, 0.15) is 5.56 Å². The quantitative estimate of drug-likeness (QED) is 0.578. The Bertz CT molecular complexity index is 652. The van der Waals surface area contributed by atoms with Crippen LogP contribution in [0.3, 0.4) is 0 Å². The van der Waals surface area contributed by atoms with Crippen LogP contribution < -0.4 is 0 Å². The lowest BCUT2D eigenvalue weighted by Gasteiger charge is -1.98. The molecule has 0 spiro atoms. The van der Waals surface area contributed by atoms with Crippen molar-refractivity contribution < 1.29 is 0 Å². The van der Waals surface area contributed by atoms with E-state index in [0.29, 0.717) is 0 Å². The zero-order valence-electron chi connectivity index (χ0n) is 10.4. The topological polar surface area (TPSA) is 12.4 Å². The van der Waals surface area contributed by atoms with E-state index in [1.807, 2.05) is 48.7 Å². The van der Waals surface area contributed by atoms with Gasteiger partial charge in [-0.2, -0.15) is 11.3 Å². The maximum atomic E-state index is 4.48. The molecule has 0 saturated heterocycles. The second-order valence-electron chi connectivity index (χ2n) is 4.23. The predicted molar refractivity (Wildman–Crippen MR) is 83.5 cm³/mol. The molecular formula is C17H13NS. The van der Waals surface area contributed by atoms with Gasteiger partial charge in [0.15, 0.2) is 0 Å². The van der Waals surface area contributed by atoms with Gasteiger partial charge in [0, 0.05) is 6.21 Å². The molecule has 2 heteroatoms. The van der Waals surface area contributed by atoms with Crippen LogP contribution in [0, 0.1) is 0 Å². The second-order valence-corrected chi connectivity index (χ2v) is 5.01. The number of thiophene rings is 1. The standard InChI is InChI=1S/C17H13NS/c1-2-4-14(5-3-1)12-18-17-8-6-15(7-9-17)16-10-11-19-13-16/h1-13H. The molecule has 1 aromatic heterocycles. The zero-order chi connectivity index (χ0) is 12.9. The van der Waals surface area contributed by atoms with Crippen molar-refractivity contribution in [1.82, 2.24) is 0 Å². The first-order valence-electron chi connectivity index (χ1n) is 6.13. The minimum atomic E-state index is 0.975. The first-order chi connectivity index (χ1) is 9.42. The van der Waals surface area contributed by atoms with Gasteiger partial charge in [-0.25, -0.2) is 0 Å². The summed E-state index contributed by atoms with van der Waals surface area (Å²) in [5.74, 6) is 0. The van der Waals surface area contributed by atoms with Gasteiger partial charge in [-0.3, -0.25) is 4.99 Å². The Labute approximate surface area is 116 Å². The summed E-state index contributed by atoms with van der Waals surface area (Å²) in [6, 6.07) is 20.6. The summed E-state index contributed by atoms with van der Waals surface area (Å²) in [4.78, 5) is 4.48. The van der Waals surface area contributed by atoms with E-state index in [-0.39, 0.29) is 0 Å². The molecule has 0 fully saturated rings. The molecule has 92 valence electrons. The first kappa shape index (κ1) is 11.9. The lowest BCUT2D eigenvalue weighted by atomic mass is 10.1. The van der Waals surface area contributed by atoms with Crippen LogP contribution in [-0.2, 0) is 0 Å². The lowest BCUT2D eigenvalue weighted by molar-refractivity contribution is 1.52. The average Bonchev–Trinajstić information content (AvgIpc) is 3.01. The summed E-state index contributed by atoms with van der Waals surface area (Å²) >= 11 is 1.72. The molecule has 3 rings (SSSR count). The molecule has 1 heterocycles. The fraction of sp³-hybridized carbons (Fsp3) is 0. The minimum absolute atomic E-state index is 0.975. The molecule has 2 aromatic carbocycles. The average molecular weight is 263 g/mol. The summed E-state index contributed by atoms with van der Waals surface area (Å²) in [5, 5.41) is 4.25. The van der Waals surface area contributed by atoms with Crippen LogP contribution in [0.4, 0.5) is 5.69 Å². The molecule has 1 nitrogen and oxygen atoms in total. The van der Waals surface area contributed by atoms with Crippen molar-refractivity contribution in [3.63, 3.8) is 0 Å². The van der Waals surface area contributed by atoms with Crippen molar-refractivity contribution in [3.8, 4) is 11.1 Å². The highest BCUT2D eigenvalue weighted by atomic mass is 32.1. The summed E-state index contributed by atoms with van der Waals surface area (Å²) in [5.41, 5.74) is 4.59. The third-order valence-corrected chi connectivity index (χ3v) is 3.57. The molecule has 19 heavy (non-hydrogen) atoms. The van der Waals surface area contributed by atoms with Gasteiger partial charge in [-0.1, -0.05) is 42.5 Å². The third kappa shape index (κ3) is 2.98. The van der Waals surface area contributed by atoms with E-state index >= 15 is 0 Å². The molecule has 0 aliphatic heterocycles. The van der Waals surface area contributed by atoms with Crippen molar-refractivity contribution in [2.45, 2.75) is 0 Å². The predicted octanol–water partition coefficient (Wildman–Crippen LogP) is 5.17. The third-order valence-electron chi connectivity index (χ3n) is 2.88. The van der Waals surface area contributed by atoms with E-state index in [4.69, 9.17) is 0 Å². The van der Waals surface area contributed by atoms with E-state index in [1.165, 1.54) is 11.1 Å². The molecular weight excluding hydrogens is 250 g/mol. The molecule has 0 atom stereocenters. The molecule has 0 aliphatic rings. The monoisotopic (exact) mass is 263 g/mol. The largest absolute Gasteiger partial charge is 0.256 e. The number of hydrogen-bond donors (Lipinski definition) is 0. The van der Waals surface area contributed by atoms with Crippen molar-refractivity contribution in [3.05, 3.63) is 77.0 Å². The summed E-state index contributed by atoms with van der Waals surface area (Å²) in [6.07, 6.45) is 1.89. The number of benzene rings is 2. The van der Waals surface area contributed by atoms with Crippen LogP contribution in [0.5, 0.6) is 0 Å². The van der Waals surface area contributed by atoms with E-state index in [2.05, 4.69) is 34.0 Å². The van der Waals surface area contributed by atoms with Crippen LogP contribution >= 0.6 is 11.3 Å². The Balaban J connectivity index is 1.78. The summed E-state index contributed by atoms with van der Waals surface area (Å²) in [7, 11) is 0. The maximum absolute atomic E-state index is 4.48. The Morgan fingerprint density at radius 1 is 0.789 bits per heavy atom. The van der Waals surface area contributed by atoms with Gasteiger partial charge in [0.1, 0.15) is 0 Å². The summed E-state index contributed by atoms with van der Waals surface area (Å²) in [6.45, 7) is 0. The Morgan fingerprint density at radius 3 is 2.26 bits per heavy atom. The number of rotatable bonds is 3. The zero-order valence-corrected chi connectivity index (χ0v) is 11.2. The Kier molecular flexibility index (Phi) is 3.52. The normalized spacial score (nSPS) is 10.9. The highest BCUT2D eigenvalue weighted by Crippen LogP contribution is 2.24. The molecule has 0 amide bonds. The molecule has 0 radical (unpaired) electrons. The van der Waals surface area contributed by atoms with Crippen molar-refractivity contribution in [2.24, 2.45) is 4.99 Å². The van der Waals surface area contributed by atoms with Gasteiger partial charge in [0.05, 0.1) is 5.69 Å². The fourth-order valence-corrected chi connectivity index (χ4v) is 2.52. The molecule has 0 aliphatic carbocycles. The second kappa shape index (κ2) is 5.63. The Hall–Kier alpha value is -2.19. The van der Waals surface area contributed by atoms with Crippen LogP contribution in [0.2, 0.25) is 0 Å². The van der Waals surface area contributed by atoms with Crippen LogP contribution in [-0.4, -0.2) is 6.21 Å². The van der Waals surface area contributed by atoms with Crippen molar-refractivity contribution >= 4 is 23.2 Å². The molecule has 0 saturated carbocycles. The minimum Gasteiger partial charge on any atom is -0.256 e. The van der Waals surface area contributed by atoms with Gasteiger partial charge in [0.25, 0.3) is 0 Å². The number of aliphatic imine (C=N–C) groups is 1. The smallest absolute Gasteiger partial charge is 0.0630 e. The van der Waals surface area contributed by atoms with Gasteiger partial charge >= 0.3 is 0 Å². The van der Waals surface area contributed by atoms with E-state index in [9.17, 15) is 0 Å². The van der Waals surface area contributed by atoms with Gasteiger partial charge in [0.2, 0.25) is 0 Å². The van der Waals surface area contributed by atoms with Crippen molar-refractivity contribution in [2.75, 3.05) is 0 Å². The molecule has 0 bridgehead atoms. The SMILES string of the molecule is C(=Nc1ccc(-c2ccsc2)cc1)c1ccccc1. The number of nitrogens with zero attached hydrogens (tertiary/aromatic N) is 1. The fourth-order valence-electron chi connectivity index (χ4n) is 1.86. The molecule has 0 N–H and O–H groups in total. The van der Waals surface area contributed by atoms with E-state index in [1.54, 1.807) is 11.3 Å². The molecule has 0 unspecified atom stereocenters. The summed E-state index contributed by atoms with van der Waals surface area (Å²) < 4.78 is 0. The molecule has 3 aromatic rings. The highest BCUT2D eigenvalue weighted by molar-refractivity contribution is 7.08. The highest BCUT2D eigenvalue weighted by Gasteiger charge is 1.97. The Morgan fingerprint density at radius 2 is 1.58 bits per heavy atom. The van der Waals surface area contributed by atoms with E-state index in [0.717, 1.165) is 11.3 Å². The van der Waals surface area contributed by atoms with Crippen molar-refractivity contribution in [1.29, 1.82) is 0 Å². The van der Waals surface area contributed by atoms with E-state index < -0.39 is 0 Å². The number of hydrogen-bond acceptors (Lipinski definition) is 2. The first-order valence-corrected chi connectivity index (χ1v) is 7.08. The maximum Gasteiger partial charge on any atom is 0.0630 e.